The lowest BCUT2D eigenvalue weighted by Gasteiger charge is -2.38. The molecule has 5 nitrogen and oxygen atoms in total. The summed E-state index contributed by atoms with van der Waals surface area (Å²) in [5.41, 5.74) is 2.53. The van der Waals surface area contributed by atoms with Gasteiger partial charge in [-0.2, -0.15) is 0 Å². The van der Waals surface area contributed by atoms with Crippen LogP contribution in [0.25, 0.3) is 6.08 Å². The van der Waals surface area contributed by atoms with Gasteiger partial charge in [-0.15, -0.1) is 0 Å². The summed E-state index contributed by atoms with van der Waals surface area (Å²) < 4.78 is 5.24. The van der Waals surface area contributed by atoms with Gasteiger partial charge in [0.1, 0.15) is 5.75 Å². The van der Waals surface area contributed by atoms with E-state index in [-0.39, 0.29) is 5.92 Å². The van der Waals surface area contributed by atoms with E-state index in [1.54, 1.807) is 7.11 Å². The molecule has 0 aromatic heterocycles. The van der Waals surface area contributed by atoms with Crippen LogP contribution < -0.4 is 4.74 Å². The number of nitrogens with zero attached hydrogens (tertiary/aromatic N) is 3. The summed E-state index contributed by atoms with van der Waals surface area (Å²) in [4.78, 5) is 20.0. The van der Waals surface area contributed by atoms with Gasteiger partial charge in [0.25, 0.3) is 0 Å². The monoisotopic (exact) mass is 433 g/mol. The largest absolute Gasteiger partial charge is 0.497 e. The fraction of sp³-hybridized carbons (Fsp3) is 0.444. The molecule has 0 atom stereocenters. The lowest BCUT2D eigenvalue weighted by Crippen LogP contribution is -2.51. The highest BCUT2D eigenvalue weighted by Gasteiger charge is 2.30. The molecule has 0 aliphatic carbocycles. The summed E-state index contributed by atoms with van der Waals surface area (Å²) in [5.74, 6) is 1.45. The third-order valence-corrected chi connectivity index (χ3v) is 6.66. The lowest BCUT2D eigenvalue weighted by atomic mass is 9.94. The highest BCUT2D eigenvalue weighted by molar-refractivity contribution is 5.79. The number of amides is 1. The number of carbonyl (C=O) groups is 1. The first-order valence-electron chi connectivity index (χ1n) is 11.8. The Kier molecular flexibility index (Phi) is 7.97. The molecule has 2 aromatic carbocycles. The Morgan fingerprint density at radius 1 is 0.906 bits per heavy atom. The maximum atomic E-state index is 13.1. The predicted octanol–water partition coefficient (Wildman–Crippen LogP) is 3.76. The van der Waals surface area contributed by atoms with Crippen LogP contribution in [0.4, 0.5) is 0 Å². The summed E-state index contributed by atoms with van der Waals surface area (Å²) in [5, 5.41) is 0. The van der Waals surface area contributed by atoms with E-state index in [0.717, 1.165) is 70.9 Å². The standard InChI is InChI=1S/C27H35N3O2/c1-32-26-11-9-24(10-12-26)22-29-16-13-25(14-17-29)27(31)30-20-18-28(19-21-30)15-5-8-23-6-3-2-4-7-23/h2-12,25H,13-22H2,1H3/b8-5+. The molecule has 1 amide bonds. The van der Waals surface area contributed by atoms with Gasteiger partial charge >= 0.3 is 0 Å². The Labute approximate surface area is 192 Å². The molecule has 0 saturated carbocycles. The summed E-state index contributed by atoms with van der Waals surface area (Å²) >= 11 is 0. The number of piperidine rings is 1. The fourth-order valence-corrected chi connectivity index (χ4v) is 4.64. The summed E-state index contributed by atoms with van der Waals surface area (Å²) in [7, 11) is 1.69. The van der Waals surface area contributed by atoms with Crippen LogP contribution in [-0.2, 0) is 11.3 Å². The van der Waals surface area contributed by atoms with Gasteiger partial charge in [0.2, 0.25) is 5.91 Å². The second-order valence-electron chi connectivity index (χ2n) is 8.84. The number of carbonyl (C=O) groups excluding carboxylic acids is 1. The van der Waals surface area contributed by atoms with Crippen molar-refractivity contribution in [2.75, 3.05) is 52.9 Å². The van der Waals surface area contributed by atoms with Crippen LogP contribution in [0.3, 0.4) is 0 Å². The number of ether oxygens (including phenoxy) is 1. The number of methoxy groups -OCH3 is 1. The average molecular weight is 434 g/mol. The molecule has 2 aromatic rings. The highest BCUT2D eigenvalue weighted by atomic mass is 16.5. The van der Waals surface area contributed by atoms with Crippen molar-refractivity contribution in [3.8, 4) is 5.75 Å². The van der Waals surface area contributed by atoms with Crippen molar-refractivity contribution in [2.24, 2.45) is 5.92 Å². The van der Waals surface area contributed by atoms with E-state index in [4.69, 9.17) is 4.74 Å². The third-order valence-electron chi connectivity index (χ3n) is 6.66. The van der Waals surface area contributed by atoms with E-state index >= 15 is 0 Å². The van der Waals surface area contributed by atoms with Crippen LogP contribution in [0, 0.1) is 5.92 Å². The normalized spacial score (nSPS) is 18.8. The van der Waals surface area contributed by atoms with Crippen molar-refractivity contribution < 1.29 is 9.53 Å². The molecule has 2 fully saturated rings. The molecular weight excluding hydrogens is 398 g/mol. The predicted molar refractivity (Wildman–Crippen MR) is 129 cm³/mol. The third kappa shape index (κ3) is 6.21. The summed E-state index contributed by atoms with van der Waals surface area (Å²) in [6.45, 7) is 7.50. The first-order valence-corrected chi connectivity index (χ1v) is 11.8. The molecule has 5 heteroatoms. The van der Waals surface area contributed by atoms with Gasteiger partial charge in [0.05, 0.1) is 7.11 Å². The minimum absolute atomic E-state index is 0.187. The smallest absolute Gasteiger partial charge is 0.225 e. The highest BCUT2D eigenvalue weighted by Crippen LogP contribution is 2.22. The topological polar surface area (TPSA) is 36.0 Å². The van der Waals surface area contributed by atoms with Gasteiger partial charge in [0.15, 0.2) is 0 Å². The zero-order chi connectivity index (χ0) is 22.2. The molecule has 32 heavy (non-hydrogen) atoms. The van der Waals surface area contributed by atoms with Crippen molar-refractivity contribution in [1.82, 2.24) is 14.7 Å². The number of hydrogen-bond donors (Lipinski definition) is 0. The maximum Gasteiger partial charge on any atom is 0.225 e. The molecule has 0 N–H and O–H groups in total. The SMILES string of the molecule is COc1ccc(CN2CCC(C(=O)N3CCN(C/C=C/c4ccccc4)CC3)CC2)cc1. The van der Waals surface area contributed by atoms with E-state index < -0.39 is 0 Å². The van der Waals surface area contributed by atoms with Gasteiger partial charge < -0.3 is 9.64 Å². The van der Waals surface area contributed by atoms with Crippen molar-refractivity contribution >= 4 is 12.0 Å². The number of hydrogen-bond acceptors (Lipinski definition) is 4. The molecule has 0 bridgehead atoms. The van der Waals surface area contributed by atoms with E-state index in [2.05, 4.69) is 63.2 Å². The van der Waals surface area contributed by atoms with Crippen LogP contribution in [0.15, 0.2) is 60.7 Å². The zero-order valence-corrected chi connectivity index (χ0v) is 19.2. The van der Waals surface area contributed by atoms with E-state index in [9.17, 15) is 4.79 Å². The molecule has 0 radical (unpaired) electrons. The molecular formula is C27H35N3O2. The molecule has 2 aliphatic heterocycles. The lowest BCUT2D eigenvalue weighted by molar-refractivity contribution is -0.138. The van der Waals surface area contributed by atoms with Crippen LogP contribution in [-0.4, -0.2) is 73.5 Å². The minimum Gasteiger partial charge on any atom is -0.497 e. The Bertz CT molecular complexity index is 866. The van der Waals surface area contributed by atoms with E-state index in [1.165, 1.54) is 11.1 Å². The Morgan fingerprint density at radius 3 is 2.25 bits per heavy atom. The van der Waals surface area contributed by atoms with Gasteiger partial charge in [-0.05, 0) is 49.2 Å². The minimum atomic E-state index is 0.187. The maximum absolute atomic E-state index is 13.1. The van der Waals surface area contributed by atoms with Gasteiger partial charge in [0, 0.05) is 45.2 Å². The van der Waals surface area contributed by atoms with Crippen molar-refractivity contribution in [3.63, 3.8) is 0 Å². The van der Waals surface area contributed by atoms with Crippen molar-refractivity contribution in [3.05, 3.63) is 71.8 Å². The fourth-order valence-electron chi connectivity index (χ4n) is 4.64. The molecule has 0 spiro atoms. The van der Waals surface area contributed by atoms with Crippen LogP contribution in [0.2, 0.25) is 0 Å². The number of benzene rings is 2. The second-order valence-corrected chi connectivity index (χ2v) is 8.84. The second kappa shape index (κ2) is 11.3. The van der Waals surface area contributed by atoms with Gasteiger partial charge in [-0.1, -0.05) is 54.6 Å². The average Bonchev–Trinajstić information content (AvgIpc) is 2.86. The zero-order valence-electron chi connectivity index (χ0n) is 19.2. The van der Waals surface area contributed by atoms with Crippen LogP contribution in [0.1, 0.15) is 24.0 Å². The molecule has 0 unspecified atom stereocenters. The quantitative estimate of drug-likeness (QED) is 0.666. The summed E-state index contributed by atoms with van der Waals surface area (Å²) in [6, 6.07) is 18.7. The Morgan fingerprint density at radius 2 is 1.59 bits per heavy atom. The number of likely N-dealkylation sites (tertiary alicyclic amines) is 1. The first kappa shape index (κ1) is 22.6. The van der Waals surface area contributed by atoms with Crippen molar-refractivity contribution in [1.29, 1.82) is 0 Å². The first-order chi connectivity index (χ1) is 15.7. The molecule has 4 rings (SSSR count). The summed E-state index contributed by atoms with van der Waals surface area (Å²) in [6.07, 6.45) is 6.34. The Balaban J connectivity index is 1.17. The molecule has 2 saturated heterocycles. The van der Waals surface area contributed by atoms with E-state index in [0.29, 0.717) is 5.91 Å². The van der Waals surface area contributed by atoms with Gasteiger partial charge in [-0.25, -0.2) is 0 Å². The molecule has 2 heterocycles. The van der Waals surface area contributed by atoms with Crippen molar-refractivity contribution in [2.45, 2.75) is 19.4 Å². The van der Waals surface area contributed by atoms with Gasteiger partial charge in [-0.3, -0.25) is 14.6 Å². The van der Waals surface area contributed by atoms with E-state index in [1.807, 2.05) is 18.2 Å². The van der Waals surface area contributed by atoms with Crippen LogP contribution >= 0.6 is 0 Å². The molecule has 170 valence electrons. The van der Waals surface area contributed by atoms with Crippen LogP contribution in [0.5, 0.6) is 5.75 Å². The number of piperazine rings is 1. The Hall–Kier alpha value is -2.63. The molecule has 2 aliphatic rings. The number of rotatable bonds is 7.